The molecule has 0 aliphatic rings. The van der Waals surface area contributed by atoms with Crippen molar-refractivity contribution in [2.45, 2.75) is 32.3 Å². The molecule has 0 radical (unpaired) electrons. The molecular weight excluding hydrogens is 140 g/mol. The van der Waals surface area contributed by atoms with Crippen LogP contribution in [-0.2, 0) is 4.74 Å². The zero-order chi connectivity index (χ0) is 8.74. The normalized spacial score (nSPS) is 16.4. The maximum Gasteiger partial charge on any atom is 0.0773 e. The Morgan fingerprint density at radius 2 is 2.00 bits per heavy atom. The molecule has 0 amide bonds. The van der Waals surface area contributed by atoms with Crippen LogP contribution >= 0.6 is 0 Å². The van der Waals surface area contributed by atoms with Gasteiger partial charge in [0, 0.05) is 13.2 Å². The van der Waals surface area contributed by atoms with E-state index in [2.05, 4.69) is 6.92 Å². The van der Waals surface area contributed by atoms with E-state index >= 15 is 0 Å². The van der Waals surface area contributed by atoms with Crippen LogP contribution in [0.25, 0.3) is 0 Å². The monoisotopic (exact) mass is 160 g/mol. The van der Waals surface area contributed by atoms with Crippen LogP contribution in [0.5, 0.6) is 0 Å². The minimum Gasteiger partial charge on any atom is -0.374 e. The van der Waals surface area contributed by atoms with Crippen LogP contribution in [0.15, 0.2) is 0 Å². The smallest absolute Gasteiger partial charge is 0.0773 e. The van der Waals surface area contributed by atoms with Crippen LogP contribution < -0.4 is 11.5 Å². The van der Waals surface area contributed by atoms with Crippen molar-refractivity contribution >= 4 is 0 Å². The Balaban J connectivity index is 3.51. The van der Waals surface area contributed by atoms with Gasteiger partial charge in [-0.05, 0) is 26.3 Å². The Hall–Kier alpha value is -0.120. The summed E-state index contributed by atoms with van der Waals surface area (Å²) in [5, 5.41) is 0. The van der Waals surface area contributed by atoms with Gasteiger partial charge in [0.2, 0.25) is 0 Å². The molecule has 0 aliphatic heterocycles. The molecule has 0 aromatic rings. The average molecular weight is 160 g/mol. The fraction of sp³-hybridized carbons (Fsp3) is 1.00. The maximum atomic E-state index is 5.56. The van der Waals surface area contributed by atoms with Crippen molar-refractivity contribution in [3.05, 3.63) is 0 Å². The van der Waals surface area contributed by atoms with Crippen LogP contribution in [-0.4, -0.2) is 25.3 Å². The summed E-state index contributed by atoms with van der Waals surface area (Å²) in [5.74, 6) is 0. The maximum absolute atomic E-state index is 5.56. The van der Waals surface area contributed by atoms with Gasteiger partial charge in [-0.15, -0.1) is 0 Å². The van der Waals surface area contributed by atoms with Gasteiger partial charge in [0.25, 0.3) is 0 Å². The second-order valence-corrected chi connectivity index (χ2v) is 3.00. The molecule has 3 heteroatoms. The van der Waals surface area contributed by atoms with E-state index in [1.54, 1.807) is 0 Å². The summed E-state index contributed by atoms with van der Waals surface area (Å²) in [6.45, 7) is 6.09. The predicted molar refractivity (Wildman–Crippen MR) is 47.4 cm³/mol. The SMILES string of the molecule is CCC(C)(CN)OCCCN. The van der Waals surface area contributed by atoms with E-state index in [1.807, 2.05) is 6.92 Å². The third-order valence-corrected chi connectivity index (χ3v) is 1.98. The molecule has 0 heterocycles. The molecule has 1 atom stereocenters. The lowest BCUT2D eigenvalue weighted by Crippen LogP contribution is -2.37. The molecule has 0 aromatic carbocycles. The minimum absolute atomic E-state index is 0.144. The van der Waals surface area contributed by atoms with E-state index in [9.17, 15) is 0 Å². The minimum atomic E-state index is -0.144. The van der Waals surface area contributed by atoms with Gasteiger partial charge in [-0.3, -0.25) is 0 Å². The van der Waals surface area contributed by atoms with Gasteiger partial charge in [0.05, 0.1) is 5.60 Å². The lowest BCUT2D eigenvalue weighted by molar-refractivity contribution is -0.0276. The predicted octanol–water partition coefficient (Wildman–Crippen LogP) is 0.479. The molecule has 0 rings (SSSR count). The Labute approximate surface area is 69.1 Å². The highest BCUT2D eigenvalue weighted by Gasteiger charge is 2.19. The number of hydrogen-bond donors (Lipinski definition) is 2. The molecule has 11 heavy (non-hydrogen) atoms. The third kappa shape index (κ3) is 4.35. The zero-order valence-electron chi connectivity index (χ0n) is 7.60. The standard InChI is InChI=1S/C8H20N2O/c1-3-8(2,7-10)11-6-4-5-9/h3-7,9-10H2,1-2H3. The molecule has 4 N–H and O–H groups in total. The van der Waals surface area contributed by atoms with Gasteiger partial charge < -0.3 is 16.2 Å². The van der Waals surface area contributed by atoms with E-state index in [0.717, 1.165) is 19.4 Å². The van der Waals surface area contributed by atoms with Crippen molar-refractivity contribution in [3.8, 4) is 0 Å². The molecule has 0 aliphatic carbocycles. The van der Waals surface area contributed by atoms with E-state index in [1.165, 1.54) is 0 Å². The highest BCUT2D eigenvalue weighted by atomic mass is 16.5. The number of nitrogens with two attached hydrogens (primary N) is 2. The van der Waals surface area contributed by atoms with Gasteiger partial charge in [-0.25, -0.2) is 0 Å². The van der Waals surface area contributed by atoms with Gasteiger partial charge >= 0.3 is 0 Å². The zero-order valence-corrected chi connectivity index (χ0v) is 7.60. The van der Waals surface area contributed by atoms with E-state index < -0.39 is 0 Å². The number of rotatable bonds is 6. The molecule has 0 aromatic heterocycles. The first-order chi connectivity index (χ1) is 5.18. The summed E-state index contributed by atoms with van der Waals surface area (Å²) in [4.78, 5) is 0. The molecular formula is C8H20N2O. The summed E-state index contributed by atoms with van der Waals surface area (Å²) < 4.78 is 5.56. The highest BCUT2D eigenvalue weighted by molar-refractivity contribution is 4.73. The molecule has 0 spiro atoms. The van der Waals surface area contributed by atoms with Crippen molar-refractivity contribution in [2.24, 2.45) is 11.5 Å². The van der Waals surface area contributed by atoms with E-state index in [0.29, 0.717) is 13.1 Å². The molecule has 0 saturated carbocycles. The quantitative estimate of drug-likeness (QED) is 0.555. The van der Waals surface area contributed by atoms with Crippen LogP contribution in [0.2, 0.25) is 0 Å². The van der Waals surface area contributed by atoms with Crippen LogP contribution in [0.4, 0.5) is 0 Å². The summed E-state index contributed by atoms with van der Waals surface area (Å²) in [5.41, 5.74) is 10.7. The largest absolute Gasteiger partial charge is 0.374 e. The number of ether oxygens (including phenoxy) is 1. The van der Waals surface area contributed by atoms with E-state index in [-0.39, 0.29) is 5.60 Å². The summed E-state index contributed by atoms with van der Waals surface area (Å²) in [6.07, 6.45) is 1.86. The lowest BCUT2D eigenvalue weighted by atomic mass is 10.0. The lowest BCUT2D eigenvalue weighted by Gasteiger charge is -2.26. The summed E-state index contributed by atoms with van der Waals surface area (Å²) in [7, 11) is 0. The van der Waals surface area contributed by atoms with Gasteiger partial charge in [-0.2, -0.15) is 0 Å². The first-order valence-corrected chi connectivity index (χ1v) is 4.22. The Morgan fingerprint density at radius 3 is 2.36 bits per heavy atom. The fourth-order valence-corrected chi connectivity index (χ4v) is 0.707. The van der Waals surface area contributed by atoms with Crippen molar-refractivity contribution in [1.82, 2.24) is 0 Å². The Morgan fingerprint density at radius 1 is 1.36 bits per heavy atom. The van der Waals surface area contributed by atoms with Crippen molar-refractivity contribution in [3.63, 3.8) is 0 Å². The topological polar surface area (TPSA) is 61.3 Å². The van der Waals surface area contributed by atoms with Crippen LogP contribution in [0.3, 0.4) is 0 Å². The summed E-state index contributed by atoms with van der Waals surface area (Å²) >= 11 is 0. The number of hydrogen-bond acceptors (Lipinski definition) is 3. The first-order valence-electron chi connectivity index (χ1n) is 4.22. The van der Waals surface area contributed by atoms with Crippen molar-refractivity contribution in [2.75, 3.05) is 19.7 Å². The average Bonchev–Trinajstić information content (AvgIpc) is 2.05. The molecule has 0 bridgehead atoms. The van der Waals surface area contributed by atoms with Gasteiger partial charge in [-0.1, -0.05) is 6.92 Å². The molecule has 0 fully saturated rings. The van der Waals surface area contributed by atoms with E-state index in [4.69, 9.17) is 16.2 Å². The second-order valence-electron chi connectivity index (χ2n) is 3.00. The Bertz CT molecular complexity index is 92.1. The van der Waals surface area contributed by atoms with Crippen molar-refractivity contribution in [1.29, 1.82) is 0 Å². The van der Waals surface area contributed by atoms with Gasteiger partial charge in [0.15, 0.2) is 0 Å². The summed E-state index contributed by atoms with van der Waals surface area (Å²) in [6, 6.07) is 0. The van der Waals surface area contributed by atoms with Crippen molar-refractivity contribution < 1.29 is 4.74 Å². The third-order valence-electron chi connectivity index (χ3n) is 1.98. The second kappa shape index (κ2) is 5.52. The van der Waals surface area contributed by atoms with Gasteiger partial charge in [0.1, 0.15) is 0 Å². The molecule has 68 valence electrons. The first kappa shape index (κ1) is 10.9. The molecule has 0 saturated heterocycles. The highest BCUT2D eigenvalue weighted by Crippen LogP contribution is 2.12. The fourth-order valence-electron chi connectivity index (χ4n) is 0.707. The Kier molecular flexibility index (Phi) is 5.46. The molecule has 3 nitrogen and oxygen atoms in total. The molecule has 1 unspecified atom stereocenters. The van der Waals surface area contributed by atoms with Crippen LogP contribution in [0.1, 0.15) is 26.7 Å². The van der Waals surface area contributed by atoms with Crippen LogP contribution in [0, 0.1) is 0 Å².